The number of sulfonamides is 1. The van der Waals surface area contributed by atoms with E-state index in [-0.39, 0.29) is 15.8 Å². The third-order valence-electron chi connectivity index (χ3n) is 3.00. The molecule has 2 heterocycles. The SMILES string of the molecule is COc1ccc(S(=O)(=O)Nc2cc(-c3ccoc3)no2)cc1Cl. The number of benzene rings is 1. The largest absolute Gasteiger partial charge is 0.495 e. The average Bonchev–Trinajstić information content (AvgIpc) is 3.17. The molecule has 0 saturated carbocycles. The van der Waals surface area contributed by atoms with Crippen molar-refractivity contribution in [1.82, 2.24) is 5.16 Å². The van der Waals surface area contributed by atoms with Gasteiger partial charge in [-0.05, 0) is 24.3 Å². The standard InChI is InChI=1S/C14H11ClN2O5S/c1-20-13-3-2-10(6-11(13)15)23(18,19)17-14-7-12(16-22-14)9-4-5-21-8-9/h2-8,17H,1H3. The highest BCUT2D eigenvalue weighted by Crippen LogP contribution is 2.28. The molecule has 2 aromatic heterocycles. The van der Waals surface area contributed by atoms with Crippen LogP contribution < -0.4 is 9.46 Å². The Balaban J connectivity index is 1.85. The molecule has 120 valence electrons. The number of aromatic nitrogens is 1. The third-order valence-corrected chi connectivity index (χ3v) is 4.64. The van der Waals surface area contributed by atoms with E-state index < -0.39 is 10.0 Å². The molecule has 0 bridgehead atoms. The van der Waals surface area contributed by atoms with Crippen LogP contribution >= 0.6 is 11.6 Å². The van der Waals surface area contributed by atoms with E-state index in [1.54, 1.807) is 6.07 Å². The number of nitrogens with one attached hydrogen (secondary N) is 1. The predicted molar refractivity (Wildman–Crippen MR) is 83.0 cm³/mol. The molecule has 7 nitrogen and oxygen atoms in total. The van der Waals surface area contributed by atoms with E-state index >= 15 is 0 Å². The summed E-state index contributed by atoms with van der Waals surface area (Å²) in [6.45, 7) is 0. The Labute approximate surface area is 136 Å². The fourth-order valence-corrected chi connectivity index (χ4v) is 3.20. The second-order valence-electron chi connectivity index (χ2n) is 4.49. The van der Waals surface area contributed by atoms with E-state index in [9.17, 15) is 8.42 Å². The van der Waals surface area contributed by atoms with E-state index in [1.807, 2.05) is 0 Å². The quantitative estimate of drug-likeness (QED) is 0.754. The van der Waals surface area contributed by atoms with Crippen molar-refractivity contribution in [2.45, 2.75) is 4.90 Å². The molecular formula is C14H11ClN2O5S. The minimum absolute atomic E-state index is 0.0202. The first kappa shape index (κ1) is 15.4. The fraction of sp³-hybridized carbons (Fsp3) is 0.0714. The summed E-state index contributed by atoms with van der Waals surface area (Å²) in [7, 11) is -2.42. The van der Waals surface area contributed by atoms with E-state index in [0.29, 0.717) is 17.0 Å². The molecule has 0 amide bonds. The van der Waals surface area contributed by atoms with Crippen LogP contribution in [-0.2, 0) is 10.0 Å². The van der Waals surface area contributed by atoms with Crippen LogP contribution in [0.25, 0.3) is 11.3 Å². The number of nitrogens with zero attached hydrogens (tertiary/aromatic N) is 1. The second kappa shape index (κ2) is 5.98. The molecule has 3 rings (SSSR count). The summed E-state index contributed by atoms with van der Waals surface area (Å²) < 4.78 is 41.9. The molecule has 0 aliphatic rings. The molecule has 0 spiro atoms. The minimum atomic E-state index is -3.86. The second-order valence-corrected chi connectivity index (χ2v) is 6.58. The molecule has 0 saturated heterocycles. The van der Waals surface area contributed by atoms with Crippen LogP contribution in [0.2, 0.25) is 5.02 Å². The number of hydrogen-bond acceptors (Lipinski definition) is 6. The summed E-state index contributed by atoms with van der Waals surface area (Å²) in [5.74, 6) is 0.362. The average molecular weight is 355 g/mol. The maximum Gasteiger partial charge on any atom is 0.264 e. The van der Waals surface area contributed by atoms with E-state index in [2.05, 4.69) is 9.88 Å². The number of hydrogen-bond donors (Lipinski definition) is 1. The normalized spacial score (nSPS) is 11.4. The molecule has 0 unspecified atom stereocenters. The Morgan fingerprint density at radius 2 is 2.09 bits per heavy atom. The van der Waals surface area contributed by atoms with Crippen LogP contribution in [0.5, 0.6) is 5.75 Å². The van der Waals surface area contributed by atoms with Crippen LogP contribution in [-0.4, -0.2) is 20.7 Å². The van der Waals surface area contributed by atoms with Crippen molar-refractivity contribution in [2.75, 3.05) is 11.8 Å². The van der Waals surface area contributed by atoms with Gasteiger partial charge in [0.1, 0.15) is 11.4 Å². The molecule has 1 N–H and O–H groups in total. The molecular weight excluding hydrogens is 344 g/mol. The van der Waals surface area contributed by atoms with Crippen LogP contribution in [0.3, 0.4) is 0 Å². The zero-order chi connectivity index (χ0) is 16.4. The third kappa shape index (κ3) is 3.17. The van der Waals surface area contributed by atoms with Gasteiger partial charge >= 0.3 is 0 Å². The number of methoxy groups -OCH3 is 1. The summed E-state index contributed by atoms with van der Waals surface area (Å²) in [6.07, 6.45) is 2.95. The Morgan fingerprint density at radius 1 is 1.26 bits per heavy atom. The van der Waals surface area contributed by atoms with Gasteiger partial charge in [0.25, 0.3) is 10.0 Å². The molecule has 0 fully saturated rings. The lowest BCUT2D eigenvalue weighted by atomic mass is 10.2. The first-order valence-corrected chi connectivity index (χ1v) is 8.21. The van der Waals surface area contributed by atoms with Gasteiger partial charge in [-0.1, -0.05) is 16.8 Å². The van der Waals surface area contributed by atoms with Gasteiger partial charge in [0.05, 0.1) is 29.6 Å². The van der Waals surface area contributed by atoms with Gasteiger partial charge in [-0.3, -0.25) is 0 Å². The fourth-order valence-electron chi connectivity index (χ4n) is 1.88. The lowest BCUT2D eigenvalue weighted by molar-refractivity contribution is 0.414. The highest BCUT2D eigenvalue weighted by molar-refractivity contribution is 7.92. The van der Waals surface area contributed by atoms with Gasteiger partial charge < -0.3 is 13.7 Å². The highest BCUT2D eigenvalue weighted by atomic mass is 35.5. The molecule has 23 heavy (non-hydrogen) atoms. The topological polar surface area (TPSA) is 94.6 Å². The van der Waals surface area contributed by atoms with Crippen LogP contribution in [0, 0.1) is 0 Å². The van der Waals surface area contributed by atoms with Crippen molar-refractivity contribution in [2.24, 2.45) is 0 Å². The van der Waals surface area contributed by atoms with Gasteiger partial charge in [0.15, 0.2) is 0 Å². The maximum absolute atomic E-state index is 12.3. The van der Waals surface area contributed by atoms with E-state index in [4.69, 9.17) is 25.3 Å². The molecule has 0 radical (unpaired) electrons. The smallest absolute Gasteiger partial charge is 0.264 e. The summed E-state index contributed by atoms with van der Waals surface area (Å²) in [5, 5.41) is 3.96. The van der Waals surface area contributed by atoms with Crippen LogP contribution in [0.15, 0.2) is 56.7 Å². The van der Waals surface area contributed by atoms with Crippen molar-refractivity contribution in [3.63, 3.8) is 0 Å². The summed E-state index contributed by atoms with van der Waals surface area (Å²) in [4.78, 5) is -0.0236. The van der Waals surface area contributed by atoms with Gasteiger partial charge in [0.2, 0.25) is 5.88 Å². The van der Waals surface area contributed by atoms with Gasteiger partial charge in [0, 0.05) is 11.6 Å². The van der Waals surface area contributed by atoms with Gasteiger partial charge in [-0.15, -0.1) is 0 Å². The molecule has 3 aromatic rings. The zero-order valence-electron chi connectivity index (χ0n) is 11.8. The van der Waals surface area contributed by atoms with Crippen LogP contribution in [0.4, 0.5) is 5.88 Å². The van der Waals surface area contributed by atoms with Crippen molar-refractivity contribution >= 4 is 27.5 Å². The van der Waals surface area contributed by atoms with E-state index in [1.165, 1.54) is 43.9 Å². The minimum Gasteiger partial charge on any atom is -0.495 e. The zero-order valence-corrected chi connectivity index (χ0v) is 13.4. The number of rotatable bonds is 5. The Bertz CT molecular complexity index is 919. The summed E-state index contributed by atoms with van der Waals surface area (Å²) in [5.41, 5.74) is 1.12. The first-order chi connectivity index (χ1) is 11.0. The Kier molecular flexibility index (Phi) is 4.01. The molecule has 1 aromatic carbocycles. The van der Waals surface area contributed by atoms with Crippen molar-refractivity contribution < 1.29 is 22.1 Å². The molecule has 9 heteroatoms. The van der Waals surface area contributed by atoms with Crippen LogP contribution in [0.1, 0.15) is 0 Å². The lowest BCUT2D eigenvalue weighted by Crippen LogP contribution is -2.12. The number of anilines is 1. The molecule has 0 aliphatic heterocycles. The molecule has 0 atom stereocenters. The number of ether oxygens (including phenoxy) is 1. The van der Waals surface area contributed by atoms with E-state index in [0.717, 1.165) is 0 Å². The van der Waals surface area contributed by atoms with Crippen molar-refractivity contribution in [3.8, 4) is 17.0 Å². The summed E-state index contributed by atoms with van der Waals surface area (Å²) in [6, 6.07) is 7.26. The molecule has 0 aliphatic carbocycles. The van der Waals surface area contributed by atoms with Gasteiger partial charge in [-0.2, -0.15) is 0 Å². The Hall–Kier alpha value is -2.45. The Morgan fingerprint density at radius 3 is 2.74 bits per heavy atom. The van der Waals surface area contributed by atoms with Crippen molar-refractivity contribution in [3.05, 3.63) is 47.9 Å². The number of furan rings is 1. The van der Waals surface area contributed by atoms with Crippen molar-refractivity contribution in [1.29, 1.82) is 0 Å². The van der Waals surface area contributed by atoms with Gasteiger partial charge in [-0.25, -0.2) is 13.1 Å². The lowest BCUT2D eigenvalue weighted by Gasteiger charge is -2.07. The highest BCUT2D eigenvalue weighted by Gasteiger charge is 2.19. The maximum atomic E-state index is 12.3. The number of halogens is 1. The monoisotopic (exact) mass is 354 g/mol. The summed E-state index contributed by atoms with van der Waals surface area (Å²) >= 11 is 5.95. The first-order valence-electron chi connectivity index (χ1n) is 6.35. The predicted octanol–water partition coefficient (Wildman–Crippen LogP) is 3.40.